The highest BCUT2D eigenvalue weighted by Crippen LogP contribution is 2.26. The number of nitrogens with zero attached hydrogens (tertiary/aromatic N) is 3. The quantitative estimate of drug-likeness (QED) is 0.542. The number of fused-ring (bicyclic) bond motifs is 3. The molecule has 3 heterocycles. The zero-order valence-corrected chi connectivity index (χ0v) is 13.2. The van der Waals surface area contributed by atoms with E-state index in [0.717, 1.165) is 53.6 Å². The maximum Gasteiger partial charge on any atom is 0.110 e. The maximum atomic E-state index is 5.24. The van der Waals surface area contributed by atoms with E-state index in [4.69, 9.17) is 9.40 Å². The van der Waals surface area contributed by atoms with Crippen molar-refractivity contribution in [3.63, 3.8) is 0 Å². The molecule has 0 fully saturated rings. The van der Waals surface area contributed by atoms with Gasteiger partial charge < -0.3 is 8.98 Å². The minimum absolute atomic E-state index is 0.778. The van der Waals surface area contributed by atoms with Gasteiger partial charge in [-0.3, -0.25) is 4.98 Å². The summed E-state index contributed by atoms with van der Waals surface area (Å²) in [5.41, 5.74) is 4.31. The Balaban J connectivity index is 1.95. The average molecular weight is 305 g/mol. The van der Waals surface area contributed by atoms with E-state index in [1.807, 2.05) is 18.3 Å². The van der Waals surface area contributed by atoms with Crippen LogP contribution in [0.1, 0.15) is 31.2 Å². The van der Waals surface area contributed by atoms with Crippen molar-refractivity contribution in [3.8, 4) is 0 Å². The molecule has 0 spiro atoms. The molecule has 0 aliphatic heterocycles. The fourth-order valence-electron chi connectivity index (χ4n) is 3.07. The number of pyridine rings is 1. The van der Waals surface area contributed by atoms with E-state index in [0.29, 0.717) is 0 Å². The molecule has 0 saturated heterocycles. The van der Waals surface area contributed by atoms with Gasteiger partial charge >= 0.3 is 0 Å². The van der Waals surface area contributed by atoms with Crippen LogP contribution in [0.3, 0.4) is 0 Å². The van der Waals surface area contributed by atoms with Gasteiger partial charge in [0, 0.05) is 17.4 Å². The molecule has 0 bridgehead atoms. The van der Waals surface area contributed by atoms with Crippen LogP contribution in [0.25, 0.3) is 21.9 Å². The zero-order valence-electron chi connectivity index (χ0n) is 13.2. The van der Waals surface area contributed by atoms with Crippen molar-refractivity contribution < 1.29 is 4.42 Å². The average Bonchev–Trinajstić information content (AvgIpc) is 3.21. The summed E-state index contributed by atoms with van der Waals surface area (Å²) in [5.74, 6) is 1.13. The largest absolute Gasteiger partial charge is 0.472 e. The van der Waals surface area contributed by atoms with Gasteiger partial charge in [0.25, 0.3) is 0 Å². The Morgan fingerprint density at radius 3 is 2.87 bits per heavy atom. The Kier molecular flexibility index (Phi) is 3.58. The highest BCUT2D eigenvalue weighted by Gasteiger charge is 2.14. The van der Waals surface area contributed by atoms with Crippen LogP contribution in [-0.4, -0.2) is 14.5 Å². The van der Waals surface area contributed by atoms with Crippen molar-refractivity contribution in [1.82, 2.24) is 14.5 Å². The van der Waals surface area contributed by atoms with Crippen molar-refractivity contribution in [2.75, 3.05) is 0 Å². The molecule has 4 aromatic rings. The van der Waals surface area contributed by atoms with Crippen LogP contribution in [0, 0.1) is 0 Å². The standard InChI is InChI=1S/C19H19N3O/c1-2-3-8-18-21-17-11-20-16-7-5-4-6-15(16)19(17)22(18)12-14-9-10-23-13-14/h4-7,9-11,13H,2-3,8,12H2,1H3. The summed E-state index contributed by atoms with van der Waals surface area (Å²) in [4.78, 5) is 9.40. The number of aromatic nitrogens is 3. The minimum Gasteiger partial charge on any atom is -0.472 e. The number of aryl methyl sites for hydroxylation is 1. The molecular weight excluding hydrogens is 286 g/mol. The summed E-state index contributed by atoms with van der Waals surface area (Å²) < 4.78 is 7.56. The normalized spacial score (nSPS) is 11.5. The Bertz CT molecular complexity index is 938. The van der Waals surface area contributed by atoms with Gasteiger partial charge in [-0.1, -0.05) is 31.5 Å². The van der Waals surface area contributed by atoms with E-state index in [1.165, 1.54) is 5.52 Å². The summed E-state index contributed by atoms with van der Waals surface area (Å²) >= 11 is 0. The fourth-order valence-corrected chi connectivity index (χ4v) is 3.07. The minimum atomic E-state index is 0.778. The van der Waals surface area contributed by atoms with Gasteiger partial charge in [-0.25, -0.2) is 4.98 Å². The monoisotopic (exact) mass is 305 g/mol. The first-order valence-electron chi connectivity index (χ1n) is 8.10. The predicted molar refractivity (Wildman–Crippen MR) is 91.5 cm³/mol. The fraction of sp³-hybridized carbons (Fsp3) is 0.263. The van der Waals surface area contributed by atoms with Crippen LogP contribution in [-0.2, 0) is 13.0 Å². The molecule has 0 amide bonds. The van der Waals surface area contributed by atoms with Gasteiger partial charge in [-0.2, -0.15) is 0 Å². The van der Waals surface area contributed by atoms with E-state index < -0.39 is 0 Å². The van der Waals surface area contributed by atoms with Crippen LogP contribution < -0.4 is 0 Å². The van der Waals surface area contributed by atoms with Crippen LogP contribution in [0.5, 0.6) is 0 Å². The number of furan rings is 1. The van der Waals surface area contributed by atoms with Gasteiger partial charge in [0.15, 0.2) is 0 Å². The molecular formula is C19H19N3O. The van der Waals surface area contributed by atoms with Gasteiger partial charge in [0.2, 0.25) is 0 Å². The van der Waals surface area contributed by atoms with Crippen LogP contribution >= 0.6 is 0 Å². The van der Waals surface area contributed by atoms with E-state index in [1.54, 1.807) is 12.5 Å². The lowest BCUT2D eigenvalue weighted by Crippen LogP contribution is -2.05. The summed E-state index contributed by atoms with van der Waals surface area (Å²) in [6.45, 7) is 2.99. The number of para-hydroxylation sites is 1. The van der Waals surface area contributed by atoms with Gasteiger partial charge in [0.1, 0.15) is 11.3 Å². The second-order valence-corrected chi connectivity index (χ2v) is 5.86. The summed E-state index contributed by atoms with van der Waals surface area (Å²) in [6.07, 6.45) is 8.70. The Morgan fingerprint density at radius 2 is 2.04 bits per heavy atom. The number of imidazole rings is 1. The highest BCUT2D eigenvalue weighted by molar-refractivity contribution is 6.02. The third-order valence-electron chi connectivity index (χ3n) is 4.23. The number of unbranched alkanes of at least 4 members (excludes halogenated alkanes) is 1. The molecule has 0 radical (unpaired) electrons. The number of hydrogen-bond acceptors (Lipinski definition) is 3. The van der Waals surface area contributed by atoms with E-state index in [2.05, 4.69) is 34.7 Å². The Hall–Kier alpha value is -2.62. The molecule has 0 unspecified atom stereocenters. The summed E-state index contributed by atoms with van der Waals surface area (Å²) in [7, 11) is 0. The number of rotatable bonds is 5. The second-order valence-electron chi connectivity index (χ2n) is 5.86. The third kappa shape index (κ3) is 2.50. The van der Waals surface area contributed by atoms with Crippen molar-refractivity contribution in [1.29, 1.82) is 0 Å². The third-order valence-corrected chi connectivity index (χ3v) is 4.23. The Morgan fingerprint density at radius 1 is 1.13 bits per heavy atom. The van der Waals surface area contributed by atoms with E-state index >= 15 is 0 Å². The van der Waals surface area contributed by atoms with Crippen molar-refractivity contribution in [3.05, 3.63) is 60.4 Å². The maximum absolute atomic E-state index is 5.24. The first-order chi connectivity index (χ1) is 11.4. The first-order valence-corrected chi connectivity index (χ1v) is 8.10. The lowest BCUT2D eigenvalue weighted by molar-refractivity contribution is 0.561. The van der Waals surface area contributed by atoms with Crippen LogP contribution in [0.15, 0.2) is 53.5 Å². The van der Waals surface area contributed by atoms with E-state index in [-0.39, 0.29) is 0 Å². The molecule has 23 heavy (non-hydrogen) atoms. The van der Waals surface area contributed by atoms with Gasteiger partial charge in [-0.05, 0) is 18.6 Å². The number of benzene rings is 1. The van der Waals surface area contributed by atoms with Crippen LogP contribution in [0.4, 0.5) is 0 Å². The Labute approximate surface area is 134 Å². The van der Waals surface area contributed by atoms with Crippen molar-refractivity contribution >= 4 is 21.9 Å². The van der Waals surface area contributed by atoms with Gasteiger partial charge in [0.05, 0.1) is 36.3 Å². The van der Waals surface area contributed by atoms with Crippen molar-refractivity contribution in [2.45, 2.75) is 32.7 Å². The molecule has 116 valence electrons. The molecule has 0 aliphatic carbocycles. The number of hydrogen-bond donors (Lipinski definition) is 0. The molecule has 4 rings (SSSR count). The molecule has 1 aromatic carbocycles. The molecule has 0 N–H and O–H groups in total. The second kappa shape index (κ2) is 5.88. The molecule has 0 saturated carbocycles. The molecule has 0 aliphatic rings. The topological polar surface area (TPSA) is 43.9 Å². The molecule has 4 heteroatoms. The van der Waals surface area contributed by atoms with E-state index in [9.17, 15) is 0 Å². The lowest BCUT2D eigenvalue weighted by Gasteiger charge is -2.09. The predicted octanol–water partition coefficient (Wildman–Crippen LogP) is 4.57. The summed E-state index contributed by atoms with van der Waals surface area (Å²) in [5, 5.41) is 1.16. The summed E-state index contributed by atoms with van der Waals surface area (Å²) in [6, 6.07) is 10.3. The van der Waals surface area contributed by atoms with Crippen LogP contribution in [0.2, 0.25) is 0 Å². The molecule has 0 atom stereocenters. The lowest BCUT2D eigenvalue weighted by atomic mass is 10.2. The molecule has 3 aromatic heterocycles. The first kappa shape index (κ1) is 14.0. The van der Waals surface area contributed by atoms with Gasteiger partial charge in [-0.15, -0.1) is 0 Å². The SMILES string of the molecule is CCCCc1nc2cnc3ccccc3c2n1Cc1ccoc1. The smallest absolute Gasteiger partial charge is 0.110 e. The van der Waals surface area contributed by atoms with Crippen molar-refractivity contribution in [2.24, 2.45) is 0 Å². The molecule has 4 nitrogen and oxygen atoms in total. The zero-order chi connectivity index (χ0) is 15.6. The highest BCUT2D eigenvalue weighted by atomic mass is 16.3.